The lowest BCUT2D eigenvalue weighted by molar-refractivity contribution is 0.0954. The summed E-state index contributed by atoms with van der Waals surface area (Å²) in [6.07, 6.45) is 2.16. The molecule has 150 valence electrons. The Morgan fingerprint density at radius 2 is 1.93 bits per heavy atom. The second-order valence-electron chi connectivity index (χ2n) is 6.61. The second-order valence-corrected chi connectivity index (χ2v) is 9.03. The van der Waals surface area contributed by atoms with E-state index in [4.69, 9.17) is 16.3 Å². The number of nitrogens with zero attached hydrogens (tertiary/aromatic N) is 1. The zero-order chi connectivity index (χ0) is 20.1. The standard InChI is InChI=1S/C20H23ClN2O4S/c1-27-17-7-4-15(5-8-17)10-11-22-20(24)18-9-6-16(14-19(18)21)23-12-2-3-13-28(23,25)26/h4-9,14H,2-3,10-13H2,1H3,(H,22,24). The first-order valence-corrected chi connectivity index (χ1v) is 11.1. The Kier molecular flexibility index (Phi) is 6.46. The highest BCUT2D eigenvalue weighted by molar-refractivity contribution is 7.92. The Morgan fingerprint density at radius 1 is 1.18 bits per heavy atom. The first kappa shape index (κ1) is 20.5. The molecule has 6 nitrogen and oxygen atoms in total. The molecule has 2 aromatic carbocycles. The van der Waals surface area contributed by atoms with Gasteiger partial charge in [0.25, 0.3) is 5.91 Å². The van der Waals surface area contributed by atoms with Gasteiger partial charge in [-0.25, -0.2) is 8.42 Å². The number of carbonyl (C=O) groups excluding carboxylic acids is 1. The minimum Gasteiger partial charge on any atom is -0.497 e. The fourth-order valence-corrected chi connectivity index (χ4v) is 5.02. The van der Waals surface area contributed by atoms with Crippen LogP contribution in [0.3, 0.4) is 0 Å². The number of benzene rings is 2. The number of amides is 1. The van der Waals surface area contributed by atoms with E-state index >= 15 is 0 Å². The summed E-state index contributed by atoms with van der Waals surface area (Å²) in [4.78, 5) is 12.4. The van der Waals surface area contributed by atoms with E-state index < -0.39 is 10.0 Å². The summed E-state index contributed by atoms with van der Waals surface area (Å²) in [6, 6.07) is 12.4. The molecular weight excluding hydrogens is 400 g/mol. The van der Waals surface area contributed by atoms with Crippen LogP contribution in [0, 0.1) is 0 Å². The van der Waals surface area contributed by atoms with E-state index in [1.807, 2.05) is 24.3 Å². The number of halogens is 1. The Balaban J connectivity index is 1.62. The van der Waals surface area contributed by atoms with Crippen LogP contribution >= 0.6 is 11.6 Å². The van der Waals surface area contributed by atoms with Crippen LogP contribution < -0.4 is 14.4 Å². The van der Waals surface area contributed by atoms with Crippen molar-refractivity contribution in [2.45, 2.75) is 19.3 Å². The maximum Gasteiger partial charge on any atom is 0.252 e. The van der Waals surface area contributed by atoms with Crippen molar-refractivity contribution in [1.29, 1.82) is 0 Å². The molecule has 2 aromatic rings. The Hall–Kier alpha value is -2.25. The Labute approximate surface area is 170 Å². The van der Waals surface area contributed by atoms with Gasteiger partial charge in [0.1, 0.15) is 5.75 Å². The summed E-state index contributed by atoms with van der Waals surface area (Å²) in [6.45, 7) is 0.899. The molecule has 0 radical (unpaired) electrons. The summed E-state index contributed by atoms with van der Waals surface area (Å²) < 4.78 is 30.9. The van der Waals surface area contributed by atoms with Crippen LogP contribution in [0.2, 0.25) is 5.02 Å². The molecule has 28 heavy (non-hydrogen) atoms. The molecular formula is C20H23ClN2O4S. The van der Waals surface area contributed by atoms with Crippen molar-refractivity contribution in [2.24, 2.45) is 0 Å². The van der Waals surface area contributed by atoms with Crippen LogP contribution in [0.15, 0.2) is 42.5 Å². The molecule has 1 saturated heterocycles. The van der Waals surface area contributed by atoms with Gasteiger partial charge in [-0.3, -0.25) is 9.10 Å². The highest BCUT2D eigenvalue weighted by Gasteiger charge is 2.26. The number of hydrogen-bond donors (Lipinski definition) is 1. The molecule has 1 amide bonds. The molecule has 1 aliphatic rings. The average molecular weight is 423 g/mol. The molecule has 1 N–H and O–H groups in total. The van der Waals surface area contributed by atoms with Crippen molar-refractivity contribution in [3.63, 3.8) is 0 Å². The first-order valence-electron chi connectivity index (χ1n) is 9.12. The van der Waals surface area contributed by atoms with Crippen LogP contribution in [0.4, 0.5) is 5.69 Å². The summed E-state index contributed by atoms with van der Waals surface area (Å²) >= 11 is 6.27. The molecule has 1 fully saturated rings. The van der Waals surface area contributed by atoms with Crippen molar-refractivity contribution < 1.29 is 17.9 Å². The maximum absolute atomic E-state index is 12.4. The molecule has 3 rings (SSSR count). The van der Waals surface area contributed by atoms with Crippen molar-refractivity contribution in [3.05, 3.63) is 58.6 Å². The number of methoxy groups -OCH3 is 1. The average Bonchev–Trinajstić information content (AvgIpc) is 2.68. The normalized spacial score (nSPS) is 15.9. The van der Waals surface area contributed by atoms with Gasteiger partial charge in [0, 0.05) is 13.1 Å². The van der Waals surface area contributed by atoms with Gasteiger partial charge in [-0.05, 0) is 55.2 Å². The number of rotatable bonds is 6. The van der Waals surface area contributed by atoms with Crippen LogP contribution in [-0.2, 0) is 16.4 Å². The Bertz CT molecular complexity index is 945. The summed E-state index contributed by atoms with van der Waals surface area (Å²) in [5.41, 5.74) is 1.91. The summed E-state index contributed by atoms with van der Waals surface area (Å²) in [5, 5.41) is 3.08. The van der Waals surface area contributed by atoms with Gasteiger partial charge in [0.2, 0.25) is 10.0 Å². The van der Waals surface area contributed by atoms with Gasteiger partial charge in [0.05, 0.1) is 29.1 Å². The molecule has 1 aliphatic heterocycles. The van der Waals surface area contributed by atoms with Gasteiger partial charge < -0.3 is 10.1 Å². The lowest BCUT2D eigenvalue weighted by Gasteiger charge is -2.28. The number of sulfonamides is 1. The number of nitrogens with one attached hydrogen (secondary N) is 1. The largest absolute Gasteiger partial charge is 0.497 e. The lowest BCUT2D eigenvalue weighted by Crippen LogP contribution is -2.37. The fourth-order valence-electron chi connectivity index (χ4n) is 3.13. The third kappa shape index (κ3) is 4.77. The van der Waals surface area contributed by atoms with E-state index in [2.05, 4.69) is 5.32 Å². The van der Waals surface area contributed by atoms with Crippen LogP contribution in [0.25, 0.3) is 0 Å². The molecule has 0 bridgehead atoms. The molecule has 0 spiro atoms. The van der Waals surface area contributed by atoms with Gasteiger partial charge in [-0.1, -0.05) is 23.7 Å². The van der Waals surface area contributed by atoms with E-state index in [1.54, 1.807) is 25.3 Å². The van der Waals surface area contributed by atoms with Crippen molar-refractivity contribution in [1.82, 2.24) is 5.32 Å². The third-order valence-electron chi connectivity index (χ3n) is 4.69. The molecule has 1 heterocycles. The van der Waals surface area contributed by atoms with E-state index in [0.717, 1.165) is 17.7 Å². The second kappa shape index (κ2) is 8.84. The van der Waals surface area contributed by atoms with Crippen LogP contribution in [0.1, 0.15) is 28.8 Å². The molecule has 8 heteroatoms. The third-order valence-corrected chi connectivity index (χ3v) is 6.88. The van der Waals surface area contributed by atoms with E-state index in [1.165, 1.54) is 4.31 Å². The SMILES string of the molecule is COc1ccc(CCNC(=O)c2ccc(N3CCCCS3(=O)=O)cc2Cl)cc1. The van der Waals surface area contributed by atoms with Gasteiger partial charge >= 0.3 is 0 Å². The predicted molar refractivity (Wildman–Crippen MR) is 111 cm³/mol. The minimum absolute atomic E-state index is 0.137. The summed E-state index contributed by atoms with van der Waals surface area (Å²) in [7, 11) is -1.70. The fraction of sp³-hybridized carbons (Fsp3) is 0.350. The first-order chi connectivity index (χ1) is 13.4. The van der Waals surface area contributed by atoms with Gasteiger partial charge in [-0.2, -0.15) is 0 Å². The lowest BCUT2D eigenvalue weighted by atomic mass is 10.1. The number of anilines is 1. The zero-order valence-electron chi connectivity index (χ0n) is 15.7. The number of hydrogen-bond acceptors (Lipinski definition) is 4. The molecule has 0 aliphatic carbocycles. The molecule has 0 unspecified atom stereocenters. The molecule has 0 saturated carbocycles. The van der Waals surface area contributed by atoms with Crippen molar-refractivity contribution in [3.8, 4) is 5.75 Å². The maximum atomic E-state index is 12.4. The number of ether oxygens (including phenoxy) is 1. The van der Waals surface area contributed by atoms with Crippen LogP contribution in [-0.4, -0.2) is 40.3 Å². The van der Waals surface area contributed by atoms with Crippen molar-refractivity contribution in [2.75, 3.05) is 30.3 Å². The summed E-state index contributed by atoms with van der Waals surface area (Å²) in [5.74, 6) is 0.639. The smallest absolute Gasteiger partial charge is 0.252 e. The zero-order valence-corrected chi connectivity index (χ0v) is 17.2. The number of carbonyl (C=O) groups is 1. The topological polar surface area (TPSA) is 75.7 Å². The predicted octanol–water partition coefficient (Wildman–Crippen LogP) is 3.25. The van der Waals surface area contributed by atoms with Gasteiger partial charge in [0.15, 0.2) is 0 Å². The highest BCUT2D eigenvalue weighted by atomic mass is 35.5. The van der Waals surface area contributed by atoms with E-state index in [0.29, 0.717) is 37.2 Å². The quantitative estimate of drug-likeness (QED) is 0.775. The monoisotopic (exact) mass is 422 g/mol. The van der Waals surface area contributed by atoms with Crippen LogP contribution in [0.5, 0.6) is 5.75 Å². The van der Waals surface area contributed by atoms with E-state index in [9.17, 15) is 13.2 Å². The minimum atomic E-state index is -3.31. The van der Waals surface area contributed by atoms with E-state index in [-0.39, 0.29) is 16.7 Å². The van der Waals surface area contributed by atoms with Gasteiger partial charge in [-0.15, -0.1) is 0 Å². The van der Waals surface area contributed by atoms with Crippen molar-refractivity contribution >= 4 is 33.2 Å². The highest BCUT2D eigenvalue weighted by Crippen LogP contribution is 2.28. The molecule has 0 atom stereocenters. The molecule has 0 aromatic heterocycles. The Morgan fingerprint density at radius 3 is 2.57 bits per heavy atom.